The van der Waals surface area contributed by atoms with Crippen LogP contribution < -0.4 is 5.32 Å². The van der Waals surface area contributed by atoms with Crippen LogP contribution >= 0.6 is 0 Å². The quantitative estimate of drug-likeness (QED) is 0.226. The van der Waals surface area contributed by atoms with Gasteiger partial charge in [-0.1, -0.05) is 103 Å². The number of hydrogen-bond donors (Lipinski definition) is 1. The van der Waals surface area contributed by atoms with E-state index in [2.05, 4.69) is 119 Å². The second-order valence-electron chi connectivity index (χ2n) is 11.3. The van der Waals surface area contributed by atoms with Crippen LogP contribution in [0, 0.1) is 0 Å². The molecular weight excluding hydrogens is 552 g/mol. The van der Waals surface area contributed by atoms with Gasteiger partial charge in [-0.15, -0.1) is 0 Å². The maximum Gasteiger partial charge on any atom is 0.169 e. The third-order valence-corrected chi connectivity index (χ3v) is 8.54. The van der Waals surface area contributed by atoms with E-state index in [0.29, 0.717) is 0 Å². The lowest BCUT2D eigenvalue weighted by atomic mass is 9.94. The van der Waals surface area contributed by atoms with Crippen molar-refractivity contribution in [1.29, 1.82) is 0 Å². The van der Waals surface area contributed by atoms with Gasteiger partial charge in [0.2, 0.25) is 0 Å². The molecule has 0 spiro atoms. The molecule has 45 heavy (non-hydrogen) atoms. The number of nitrogens with zero attached hydrogens (tertiary/aromatic N) is 3. The molecule has 6 aromatic carbocycles. The minimum Gasteiger partial charge on any atom is -0.454 e. The average Bonchev–Trinajstić information content (AvgIpc) is 3.50. The second-order valence-corrected chi connectivity index (χ2v) is 11.3. The van der Waals surface area contributed by atoms with E-state index in [-0.39, 0.29) is 0 Å². The van der Waals surface area contributed by atoms with Gasteiger partial charge in [-0.2, -0.15) is 0 Å². The lowest BCUT2D eigenvalue weighted by molar-refractivity contribution is 0.668. The molecule has 1 N–H and O–H groups in total. The van der Waals surface area contributed by atoms with E-state index in [9.17, 15) is 0 Å². The SMILES string of the molecule is c1ccc(-c2cc(C3N=C(c4ccc5ccccc5c4)NC(c4cccc5oc6cccnc6c45)=N3)cc3ccccc23)cc1. The van der Waals surface area contributed by atoms with E-state index in [1.54, 1.807) is 6.20 Å². The third kappa shape index (κ3) is 4.36. The molecule has 8 aromatic rings. The molecule has 5 heteroatoms. The highest BCUT2D eigenvalue weighted by Gasteiger charge is 2.24. The van der Waals surface area contributed by atoms with Crippen molar-refractivity contribution in [2.75, 3.05) is 0 Å². The smallest absolute Gasteiger partial charge is 0.169 e. The fourth-order valence-corrected chi connectivity index (χ4v) is 6.40. The number of aromatic nitrogens is 1. The van der Waals surface area contributed by atoms with E-state index in [1.807, 2.05) is 30.3 Å². The Labute approximate surface area is 259 Å². The van der Waals surface area contributed by atoms with Crippen LogP contribution in [0.25, 0.3) is 54.7 Å². The predicted octanol–water partition coefficient (Wildman–Crippen LogP) is 9.45. The molecule has 0 saturated heterocycles. The lowest BCUT2D eigenvalue weighted by Gasteiger charge is -2.23. The van der Waals surface area contributed by atoms with Crippen LogP contribution in [0.3, 0.4) is 0 Å². The van der Waals surface area contributed by atoms with Crippen molar-refractivity contribution in [1.82, 2.24) is 10.3 Å². The summed E-state index contributed by atoms with van der Waals surface area (Å²) in [6.07, 6.45) is 1.32. The first kappa shape index (κ1) is 25.4. The van der Waals surface area contributed by atoms with Crippen molar-refractivity contribution in [3.8, 4) is 11.1 Å². The van der Waals surface area contributed by atoms with Crippen LogP contribution in [0.15, 0.2) is 160 Å². The number of rotatable bonds is 4. The number of fused-ring (bicyclic) bond motifs is 5. The van der Waals surface area contributed by atoms with Crippen molar-refractivity contribution in [3.63, 3.8) is 0 Å². The Morgan fingerprint density at radius 2 is 1.31 bits per heavy atom. The minimum absolute atomic E-state index is 0.476. The van der Waals surface area contributed by atoms with Crippen molar-refractivity contribution in [2.45, 2.75) is 6.17 Å². The molecule has 5 nitrogen and oxygen atoms in total. The monoisotopic (exact) mass is 578 g/mol. The molecule has 0 bridgehead atoms. The maximum absolute atomic E-state index is 6.19. The Kier molecular flexibility index (Phi) is 5.81. The van der Waals surface area contributed by atoms with Crippen LogP contribution in [-0.4, -0.2) is 16.7 Å². The number of amidine groups is 2. The first-order valence-corrected chi connectivity index (χ1v) is 15.0. The molecule has 1 aliphatic heterocycles. The number of nitrogens with one attached hydrogen (secondary N) is 1. The molecule has 3 heterocycles. The largest absolute Gasteiger partial charge is 0.454 e. The summed E-state index contributed by atoms with van der Waals surface area (Å²) in [7, 11) is 0. The minimum atomic E-state index is -0.476. The van der Waals surface area contributed by atoms with Crippen LogP contribution in [0.1, 0.15) is 22.9 Å². The van der Waals surface area contributed by atoms with Gasteiger partial charge in [0.15, 0.2) is 11.7 Å². The van der Waals surface area contributed by atoms with Crippen LogP contribution in [-0.2, 0) is 0 Å². The highest BCUT2D eigenvalue weighted by atomic mass is 16.3. The average molecular weight is 579 g/mol. The predicted molar refractivity (Wildman–Crippen MR) is 184 cm³/mol. The van der Waals surface area contributed by atoms with E-state index in [4.69, 9.17) is 14.4 Å². The van der Waals surface area contributed by atoms with Crippen molar-refractivity contribution in [2.24, 2.45) is 9.98 Å². The molecule has 0 amide bonds. The Hall–Kier alpha value is -6.07. The van der Waals surface area contributed by atoms with Crippen LogP contribution in [0.2, 0.25) is 0 Å². The first-order valence-electron chi connectivity index (χ1n) is 15.0. The maximum atomic E-state index is 6.19. The van der Waals surface area contributed by atoms with E-state index >= 15 is 0 Å². The van der Waals surface area contributed by atoms with E-state index in [1.165, 1.54) is 10.8 Å². The van der Waals surface area contributed by atoms with Gasteiger partial charge in [0.25, 0.3) is 0 Å². The Morgan fingerprint density at radius 1 is 0.533 bits per heavy atom. The van der Waals surface area contributed by atoms with Gasteiger partial charge in [-0.3, -0.25) is 4.98 Å². The van der Waals surface area contributed by atoms with Gasteiger partial charge in [0.05, 0.1) is 5.39 Å². The summed E-state index contributed by atoms with van der Waals surface area (Å²) in [6, 6.07) is 48.3. The lowest BCUT2D eigenvalue weighted by Crippen LogP contribution is -2.36. The second kappa shape index (κ2) is 10.3. The third-order valence-electron chi connectivity index (χ3n) is 8.54. The Bertz CT molecular complexity index is 2470. The molecule has 0 fully saturated rings. The highest BCUT2D eigenvalue weighted by Crippen LogP contribution is 2.36. The number of benzene rings is 6. The van der Waals surface area contributed by atoms with Crippen molar-refractivity contribution >= 4 is 55.3 Å². The number of hydrogen-bond acceptors (Lipinski definition) is 5. The Balaban J connectivity index is 1.27. The number of aliphatic imine (C=N–C) groups is 2. The molecule has 0 radical (unpaired) electrons. The molecular formula is C40H26N4O. The molecule has 1 aliphatic rings. The molecule has 2 aromatic heterocycles. The first-order chi connectivity index (χ1) is 22.3. The molecule has 9 rings (SSSR count). The molecule has 212 valence electrons. The standard InChI is InChI=1S/C40H26N4O/c1-2-11-26(12-3-1)33-24-30(23-28-14-6-7-15-31(28)33)39-42-38(29-20-19-25-10-4-5-13-27(25)22-29)43-40(44-39)32-16-8-17-34-36(32)37-35(45-34)18-9-21-41-37/h1-24,39H,(H,42,43,44). The van der Waals surface area contributed by atoms with Gasteiger partial charge in [-0.25, -0.2) is 9.98 Å². The number of pyridine rings is 1. The van der Waals surface area contributed by atoms with Crippen LogP contribution in [0.5, 0.6) is 0 Å². The van der Waals surface area contributed by atoms with Gasteiger partial charge < -0.3 is 9.73 Å². The van der Waals surface area contributed by atoms with Gasteiger partial charge in [-0.05, 0) is 74.6 Å². The number of furan rings is 1. The van der Waals surface area contributed by atoms with Gasteiger partial charge in [0, 0.05) is 17.3 Å². The topological polar surface area (TPSA) is 62.8 Å². The molecule has 0 saturated carbocycles. The van der Waals surface area contributed by atoms with Gasteiger partial charge in [0.1, 0.15) is 22.8 Å². The van der Waals surface area contributed by atoms with E-state index < -0.39 is 6.17 Å². The molecule has 1 atom stereocenters. The summed E-state index contributed by atoms with van der Waals surface area (Å²) in [5.74, 6) is 1.49. The normalized spacial score (nSPS) is 14.9. The summed E-state index contributed by atoms with van der Waals surface area (Å²) >= 11 is 0. The van der Waals surface area contributed by atoms with Gasteiger partial charge >= 0.3 is 0 Å². The van der Waals surface area contributed by atoms with Crippen molar-refractivity contribution < 1.29 is 4.42 Å². The van der Waals surface area contributed by atoms with E-state index in [0.717, 1.165) is 72.3 Å². The summed E-state index contributed by atoms with van der Waals surface area (Å²) in [5.41, 5.74) is 7.60. The zero-order valence-corrected chi connectivity index (χ0v) is 24.2. The zero-order valence-electron chi connectivity index (χ0n) is 24.2. The highest BCUT2D eigenvalue weighted by molar-refractivity contribution is 6.23. The Morgan fingerprint density at radius 3 is 2.22 bits per heavy atom. The van der Waals surface area contributed by atoms with Crippen molar-refractivity contribution in [3.05, 3.63) is 162 Å². The summed E-state index contributed by atoms with van der Waals surface area (Å²) in [6.45, 7) is 0. The summed E-state index contributed by atoms with van der Waals surface area (Å²) < 4.78 is 6.19. The fraction of sp³-hybridized carbons (Fsp3) is 0.0250. The summed E-state index contributed by atoms with van der Waals surface area (Å²) in [4.78, 5) is 15.2. The van der Waals surface area contributed by atoms with Crippen LogP contribution in [0.4, 0.5) is 0 Å². The molecule has 0 aliphatic carbocycles. The fourth-order valence-electron chi connectivity index (χ4n) is 6.40. The molecule has 1 unspecified atom stereocenters. The zero-order chi connectivity index (χ0) is 29.7. The summed E-state index contributed by atoms with van der Waals surface area (Å²) in [5, 5.41) is 9.24.